The first-order chi connectivity index (χ1) is 15.0. The number of aromatic hydroxyl groups is 1. The molecular weight excluding hydrogens is 420 g/mol. The maximum atomic E-state index is 12.9. The molecule has 0 fully saturated rings. The molecule has 0 aliphatic heterocycles. The second-order valence-corrected chi connectivity index (χ2v) is 7.66. The SMILES string of the molecule is CCC(C)C(N)C(=O)NC(Cc1ccc(O)cc1)C(=O)NC(CO)C(=O)NC(C)C(=O)O. The molecule has 3 amide bonds. The summed E-state index contributed by atoms with van der Waals surface area (Å²) in [7, 11) is 0. The maximum Gasteiger partial charge on any atom is 0.325 e. The molecule has 8 N–H and O–H groups in total. The molecule has 0 radical (unpaired) electrons. The summed E-state index contributed by atoms with van der Waals surface area (Å²) >= 11 is 0. The molecule has 0 saturated carbocycles. The van der Waals surface area contributed by atoms with Gasteiger partial charge in [-0.15, -0.1) is 0 Å². The van der Waals surface area contributed by atoms with Gasteiger partial charge in [0.05, 0.1) is 12.6 Å². The topological polar surface area (TPSA) is 191 Å². The Kier molecular flexibility index (Phi) is 10.6. The Morgan fingerprint density at radius 1 is 0.938 bits per heavy atom. The van der Waals surface area contributed by atoms with E-state index in [1.54, 1.807) is 19.1 Å². The van der Waals surface area contributed by atoms with Crippen molar-refractivity contribution in [2.24, 2.45) is 11.7 Å². The van der Waals surface area contributed by atoms with Gasteiger partial charge >= 0.3 is 5.97 Å². The number of carboxylic acids is 1. The lowest BCUT2D eigenvalue weighted by molar-refractivity contribution is -0.142. The smallest absolute Gasteiger partial charge is 0.325 e. The number of aliphatic hydroxyl groups is 1. The molecule has 5 unspecified atom stereocenters. The first-order valence-electron chi connectivity index (χ1n) is 10.3. The highest BCUT2D eigenvalue weighted by molar-refractivity contribution is 5.94. The number of hydrogen-bond acceptors (Lipinski definition) is 7. The minimum Gasteiger partial charge on any atom is -0.508 e. The van der Waals surface area contributed by atoms with Gasteiger partial charge in [-0.1, -0.05) is 32.4 Å². The van der Waals surface area contributed by atoms with E-state index in [1.807, 2.05) is 6.92 Å². The van der Waals surface area contributed by atoms with Gasteiger partial charge in [0.1, 0.15) is 23.9 Å². The highest BCUT2D eigenvalue weighted by atomic mass is 16.4. The van der Waals surface area contributed by atoms with Crippen LogP contribution in [-0.4, -0.2) is 69.8 Å². The molecule has 0 spiro atoms. The van der Waals surface area contributed by atoms with Gasteiger partial charge in [0.25, 0.3) is 0 Å². The van der Waals surface area contributed by atoms with Crippen LogP contribution in [0.4, 0.5) is 0 Å². The van der Waals surface area contributed by atoms with Crippen LogP contribution < -0.4 is 21.7 Å². The summed E-state index contributed by atoms with van der Waals surface area (Å²) in [5, 5.41) is 35.0. The van der Waals surface area contributed by atoms with Gasteiger partial charge in [0.15, 0.2) is 0 Å². The van der Waals surface area contributed by atoms with Crippen molar-refractivity contribution in [2.45, 2.75) is 57.8 Å². The number of amides is 3. The van der Waals surface area contributed by atoms with Crippen LogP contribution in [0.1, 0.15) is 32.8 Å². The Labute approximate surface area is 186 Å². The third-order valence-corrected chi connectivity index (χ3v) is 5.11. The van der Waals surface area contributed by atoms with Crippen molar-refractivity contribution in [3.63, 3.8) is 0 Å². The van der Waals surface area contributed by atoms with Crippen LogP contribution in [0.5, 0.6) is 5.75 Å². The van der Waals surface area contributed by atoms with E-state index in [0.29, 0.717) is 12.0 Å². The molecule has 11 nitrogen and oxygen atoms in total. The molecular formula is C21H32N4O7. The fourth-order valence-electron chi connectivity index (χ4n) is 2.70. The lowest BCUT2D eigenvalue weighted by Crippen LogP contribution is -2.58. The van der Waals surface area contributed by atoms with E-state index in [4.69, 9.17) is 10.8 Å². The summed E-state index contributed by atoms with van der Waals surface area (Å²) in [6.07, 6.45) is 0.675. The van der Waals surface area contributed by atoms with Crippen LogP contribution in [0.25, 0.3) is 0 Å². The highest BCUT2D eigenvalue weighted by Gasteiger charge is 2.30. The average molecular weight is 453 g/mol. The fourth-order valence-corrected chi connectivity index (χ4v) is 2.70. The van der Waals surface area contributed by atoms with Crippen LogP contribution in [0.3, 0.4) is 0 Å². The molecule has 0 bridgehead atoms. The molecule has 1 aromatic rings. The predicted octanol–water partition coefficient (Wildman–Crippen LogP) is -1.14. The van der Waals surface area contributed by atoms with E-state index >= 15 is 0 Å². The predicted molar refractivity (Wildman–Crippen MR) is 115 cm³/mol. The van der Waals surface area contributed by atoms with Gasteiger partial charge in [-0.2, -0.15) is 0 Å². The molecule has 0 aromatic heterocycles. The van der Waals surface area contributed by atoms with E-state index in [-0.39, 0.29) is 18.1 Å². The van der Waals surface area contributed by atoms with E-state index in [9.17, 15) is 29.4 Å². The van der Waals surface area contributed by atoms with Crippen molar-refractivity contribution in [3.8, 4) is 5.75 Å². The normalized spacial score (nSPS) is 15.5. The summed E-state index contributed by atoms with van der Waals surface area (Å²) in [5.41, 5.74) is 6.57. The molecule has 1 rings (SSSR count). The molecule has 11 heteroatoms. The second-order valence-electron chi connectivity index (χ2n) is 7.66. The number of nitrogens with two attached hydrogens (primary N) is 1. The van der Waals surface area contributed by atoms with Gasteiger partial charge in [-0.05, 0) is 30.5 Å². The van der Waals surface area contributed by atoms with Crippen LogP contribution >= 0.6 is 0 Å². The van der Waals surface area contributed by atoms with Crippen molar-refractivity contribution in [2.75, 3.05) is 6.61 Å². The first-order valence-corrected chi connectivity index (χ1v) is 10.3. The number of phenols is 1. The molecule has 5 atom stereocenters. The van der Waals surface area contributed by atoms with Crippen molar-refractivity contribution < 1.29 is 34.5 Å². The standard InChI is InChI=1S/C21H32N4O7/c1-4-11(2)17(22)20(30)24-15(9-13-5-7-14(27)8-6-13)18(28)25-16(10-26)19(29)23-12(3)21(31)32/h5-8,11-12,15-17,26-27H,4,9-10,22H2,1-3H3,(H,23,29)(H,24,30)(H,25,28)(H,31,32). The number of nitrogens with one attached hydrogen (secondary N) is 3. The third kappa shape index (κ3) is 8.16. The number of rotatable bonds is 12. The van der Waals surface area contributed by atoms with Gasteiger partial charge < -0.3 is 37.0 Å². The van der Waals surface area contributed by atoms with Gasteiger partial charge in [-0.25, -0.2) is 0 Å². The lowest BCUT2D eigenvalue weighted by Gasteiger charge is -2.25. The van der Waals surface area contributed by atoms with E-state index < -0.39 is 54.5 Å². The zero-order chi connectivity index (χ0) is 24.4. The summed E-state index contributed by atoms with van der Waals surface area (Å²) in [4.78, 5) is 48.6. The molecule has 178 valence electrons. The zero-order valence-electron chi connectivity index (χ0n) is 18.4. The average Bonchev–Trinajstić information content (AvgIpc) is 2.76. The lowest BCUT2D eigenvalue weighted by atomic mass is 9.98. The van der Waals surface area contributed by atoms with E-state index in [0.717, 1.165) is 0 Å². The van der Waals surface area contributed by atoms with Gasteiger partial charge in [-0.3, -0.25) is 19.2 Å². The van der Waals surface area contributed by atoms with E-state index in [2.05, 4.69) is 16.0 Å². The highest BCUT2D eigenvalue weighted by Crippen LogP contribution is 2.12. The fraction of sp³-hybridized carbons (Fsp3) is 0.524. The monoisotopic (exact) mass is 452 g/mol. The van der Waals surface area contributed by atoms with Crippen molar-refractivity contribution in [1.29, 1.82) is 0 Å². The Morgan fingerprint density at radius 3 is 1.97 bits per heavy atom. The van der Waals surface area contributed by atoms with Crippen LogP contribution in [0.2, 0.25) is 0 Å². The number of benzene rings is 1. The Balaban J connectivity index is 3.01. The van der Waals surface area contributed by atoms with Crippen LogP contribution in [0.15, 0.2) is 24.3 Å². The summed E-state index contributed by atoms with van der Waals surface area (Å²) in [5.74, 6) is -3.59. The zero-order valence-corrected chi connectivity index (χ0v) is 18.4. The minimum atomic E-state index is -1.42. The van der Waals surface area contributed by atoms with Crippen LogP contribution in [-0.2, 0) is 25.6 Å². The largest absolute Gasteiger partial charge is 0.508 e. The molecule has 0 saturated heterocycles. The Morgan fingerprint density at radius 2 is 1.47 bits per heavy atom. The number of aliphatic hydroxyl groups excluding tert-OH is 1. The number of phenolic OH excluding ortho intramolecular Hbond substituents is 1. The quantitative estimate of drug-likeness (QED) is 0.207. The maximum absolute atomic E-state index is 12.9. The van der Waals surface area contributed by atoms with Gasteiger partial charge in [0.2, 0.25) is 17.7 Å². The summed E-state index contributed by atoms with van der Waals surface area (Å²) in [6.45, 7) is 4.13. The molecule has 0 heterocycles. The summed E-state index contributed by atoms with van der Waals surface area (Å²) < 4.78 is 0. The number of carbonyl (C=O) groups is 4. The van der Waals surface area contributed by atoms with Crippen LogP contribution in [0, 0.1) is 5.92 Å². The molecule has 0 aliphatic rings. The van der Waals surface area contributed by atoms with E-state index in [1.165, 1.54) is 19.1 Å². The number of carboxylic acid groups (broad SMARTS) is 1. The second kappa shape index (κ2) is 12.6. The minimum absolute atomic E-state index is 0.0242. The molecule has 1 aromatic carbocycles. The Hall–Kier alpha value is -3.18. The Bertz CT molecular complexity index is 800. The molecule has 32 heavy (non-hydrogen) atoms. The van der Waals surface area contributed by atoms with Crippen molar-refractivity contribution in [3.05, 3.63) is 29.8 Å². The number of aliphatic carboxylic acids is 1. The van der Waals surface area contributed by atoms with Gasteiger partial charge in [0, 0.05) is 6.42 Å². The van der Waals surface area contributed by atoms with Crippen molar-refractivity contribution >= 4 is 23.7 Å². The van der Waals surface area contributed by atoms with Crippen molar-refractivity contribution in [1.82, 2.24) is 16.0 Å². The molecule has 0 aliphatic carbocycles. The summed E-state index contributed by atoms with van der Waals surface area (Å²) in [6, 6.07) is 1.34. The number of carbonyl (C=O) groups excluding carboxylic acids is 3. The third-order valence-electron chi connectivity index (χ3n) is 5.11. The first kappa shape index (κ1) is 26.9. The number of hydrogen-bond donors (Lipinski definition) is 7.